The third-order valence-corrected chi connectivity index (χ3v) is 3.31. The number of fused-ring (bicyclic) bond motifs is 1. The summed E-state index contributed by atoms with van der Waals surface area (Å²) >= 11 is 5.95. The highest BCUT2D eigenvalue weighted by Crippen LogP contribution is 2.33. The quantitative estimate of drug-likeness (QED) is 0.531. The van der Waals surface area contributed by atoms with E-state index in [2.05, 4.69) is 19.9 Å². The second-order valence-corrected chi connectivity index (χ2v) is 4.59. The van der Waals surface area contributed by atoms with Gasteiger partial charge in [-0.2, -0.15) is 0 Å². The number of nitrogens with zero attached hydrogens (tertiary/aromatic N) is 3. The van der Waals surface area contributed by atoms with Gasteiger partial charge in [0, 0.05) is 0 Å². The summed E-state index contributed by atoms with van der Waals surface area (Å²) in [5.41, 5.74) is 0.824. The lowest BCUT2D eigenvalue weighted by Gasteiger charge is -2.13. The molecule has 1 unspecified atom stereocenters. The summed E-state index contributed by atoms with van der Waals surface area (Å²) in [5.74, 6) is 0.129. The molecule has 0 aliphatic carbocycles. The van der Waals surface area contributed by atoms with Crippen LogP contribution in [0.5, 0.6) is 0 Å². The summed E-state index contributed by atoms with van der Waals surface area (Å²) in [6, 6.07) is 0. The van der Waals surface area contributed by atoms with E-state index in [0.717, 1.165) is 0 Å². The average molecular weight is 287 g/mol. The van der Waals surface area contributed by atoms with Gasteiger partial charge in [0.15, 0.2) is 16.6 Å². The van der Waals surface area contributed by atoms with Crippen molar-refractivity contribution in [3.8, 4) is 0 Å². The van der Waals surface area contributed by atoms with Gasteiger partial charge in [0.1, 0.15) is 29.9 Å². The number of nitrogens with one attached hydrogen (secondary N) is 1. The average Bonchev–Trinajstić information content (AvgIpc) is 2.96. The summed E-state index contributed by atoms with van der Waals surface area (Å²) in [6.45, 7) is -0.408. The Morgan fingerprint density at radius 3 is 2.79 bits per heavy atom. The number of hydrogen-bond acceptors (Lipinski definition) is 7. The highest BCUT2D eigenvalue weighted by molar-refractivity contribution is 6.33. The van der Waals surface area contributed by atoms with Crippen LogP contribution in [0, 0.1) is 0 Å². The molecule has 1 fully saturated rings. The molecule has 102 valence electrons. The number of aliphatic hydroxyl groups is 3. The Hall–Kier alpha value is -1.32. The van der Waals surface area contributed by atoms with Crippen molar-refractivity contribution >= 4 is 22.8 Å². The van der Waals surface area contributed by atoms with Gasteiger partial charge in [0.25, 0.3) is 0 Å². The SMILES string of the molecule is OC[C@H]1OC(c2nc(Cl)c3nc[nH]c3n2)[C@H](O)[C@@H]1O. The van der Waals surface area contributed by atoms with Gasteiger partial charge in [-0.1, -0.05) is 11.6 Å². The predicted molar refractivity (Wildman–Crippen MR) is 63.4 cm³/mol. The normalized spacial score (nSPS) is 31.2. The molecule has 3 rings (SSSR count). The first-order valence-corrected chi connectivity index (χ1v) is 5.98. The van der Waals surface area contributed by atoms with Crippen LogP contribution in [0.25, 0.3) is 11.2 Å². The number of rotatable bonds is 2. The minimum Gasteiger partial charge on any atom is -0.394 e. The Balaban J connectivity index is 2.00. The van der Waals surface area contributed by atoms with Gasteiger partial charge in [-0.15, -0.1) is 0 Å². The number of ether oxygens (including phenoxy) is 1. The maximum Gasteiger partial charge on any atom is 0.164 e. The van der Waals surface area contributed by atoms with E-state index in [4.69, 9.17) is 21.4 Å². The van der Waals surface area contributed by atoms with Crippen LogP contribution >= 0.6 is 11.6 Å². The Bertz CT molecular complexity index is 606. The van der Waals surface area contributed by atoms with Crippen LogP contribution in [0.4, 0.5) is 0 Å². The molecule has 1 saturated heterocycles. The molecule has 1 aliphatic heterocycles. The van der Waals surface area contributed by atoms with Crippen molar-refractivity contribution in [3.63, 3.8) is 0 Å². The third-order valence-electron chi connectivity index (χ3n) is 3.05. The molecule has 3 heterocycles. The predicted octanol–water partition coefficient (Wildman–Crippen LogP) is -0.840. The van der Waals surface area contributed by atoms with Gasteiger partial charge in [-0.3, -0.25) is 0 Å². The molecule has 9 heteroatoms. The van der Waals surface area contributed by atoms with Crippen LogP contribution in [-0.4, -0.2) is 60.2 Å². The standard InChI is InChI=1S/C10H11ClN4O4/c11-8-4-9(13-2-12-4)15-10(14-8)7-6(18)5(17)3(1-16)19-7/h2-3,5-7,16-18H,1H2,(H,12,13,14,15)/t3-,5-,6-,7?/m1/s1. The summed E-state index contributed by atoms with van der Waals surface area (Å²) in [5, 5.41) is 28.7. The van der Waals surface area contributed by atoms with Crippen molar-refractivity contribution in [3.05, 3.63) is 17.3 Å². The zero-order valence-electron chi connectivity index (χ0n) is 9.56. The van der Waals surface area contributed by atoms with E-state index < -0.39 is 31.0 Å². The van der Waals surface area contributed by atoms with Crippen LogP contribution in [0.15, 0.2) is 6.33 Å². The fourth-order valence-corrected chi connectivity index (χ4v) is 2.28. The summed E-state index contributed by atoms with van der Waals surface area (Å²) < 4.78 is 5.33. The molecule has 0 amide bonds. The smallest absolute Gasteiger partial charge is 0.164 e. The van der Waals surface area contributed by atoms with Gasteiger partial charge < -0.3 is 25.0 Å². The lowest BCUT2D eigenvalue weighted by Crippen LogP contribution is -2.32. The minimum absolute atomic E-state index is 0.124. The molecule has 19 heavy (non-hydrogen) atoms. The molecular formula is C10H11ClN4O4. The lowest BCUT2D eigenvalue weighted by molar-refractivity contribution is -0.0251. The molecule has 2 aromatic rings. The van der Waals surface area contributed by atoms with Crippen molar-refractivity contribution < 1.29 is 20.1 Å². The molecule has 2 aromatic heterocycles. The molecule has 0 spiro atoms. The zero-order valence-corrected chi connectivity index (χ0v) is 10.3. The van der Waals surface area contributed by atoms with Crippen LogP contribution < -0.4 is 0 Å². The van der Waals surface area contributed by atoms with Crippen molar-refractivity contribution in [2.24, 2.45) is 0 Å². The van der Waals surface area contributed by atoms with E-state index in [1.54, 1.807) is 0 Å². The third kappa shape index (κ3) is 1.97. The fraction of sp³-hybridized carbons (Fsp3) is 0.500. The summed E-state index contributed by atoms with van der Waals surface area (Å²) in [7, 11) is 0. The number of aromatic nitrogens is 4. The van der Waals surface area contributed by atoms with Crippen LogP contribution in [0.1, 0.15) is 11.9 Å². The fourth-order valence-electron chi connectivity index (χ4n) is 2.06. The molecule has 8 nitrogen and oxygen atoms in total. The van der Waals surface area contributed by atoms with E-state index in [9.17, 15) is 10.2 Å². The molecule has 4 atom stereocenters. The minimum atomic E-state index is -1.23. The van der Waals surface area contributed by atoms with Gasteiger partial charge in [0.2, 0.25) is 0 Å². The number of H-pyrrole nitrogens is 1. The van der Waals surface area contributed by atoms with Crippen LogP contribution in [-0.2, 0) is 4.74 Å². The van der Waals surface area contributed by atoms with Crippen molar-refractivity contribution in [1.29, 1.82) is 0 Å². The number of halogens is 1. The molecule has 0 saturated carbocycles. The molecule has 4 N–H and O–H groups in total. The Labute approximate surface area is 112 Å². The second kappa shape index (κ2) is 4.66. The largest absolute Gasteiger partial charge is 0.394 e. The first kappa shape index (κ1) is 12.7. The number of hydrogen-bond donors (Lipinski definition) is 4. The van der Waals surface area contributed by atoms with Gasteiger partial charge in [0.05, 0.1) is 12.9 Å². The van der Waals surface area contributed by atoms with E-state index in [1.807, 2.05) is 0 Å². The van der Waals surface area contributed by atoms with Gasteiger partial charge in [-0.05, 0) is 0 Å². The van der Waals surface area contributed by atoms with E-state index in [-0.39, 0.29) is 11.0 Å². The highest BCUT2D eigenvalue weighted by Gasteiger charge is 2.44. The molecule has 0 radical (unpaired) electrons. The molecular weight excluding hydrogens is 276 g/mol. The van der Waals surface area contributed by atoms with Crippen LogP contribution in [0.3, 0.4) is 0 Å². The Morgan fingerprint density at radius 2 is 2.11 bits per heavy atom. The van der Waals surface area contributed by atoms with Crippen molar-refractivity contribution in [2.75, 3.05) is 6.61 Å². The summed E-state index contributed by atoms with van der Waals surface area (Å²) in [6.07, 6.45) is -2.83. The lowest BCUT2D eigenvalue weighted by atomic mass is 10.1. The number of aliphatic hydroxyl groups excluding tert-OH is 3. The Kier molecular flexibility index (Phi) is 3.11. The first-order valence-electron chi connectivity index (χ1n) is 5.60. The highest BCUT2D eigenvalue weighted by atomic mass is 35.5. The van der Waals surface area contributed by atoms with Crippen molar-refractivity contribution in [1.82, 2.24) is 19.9 Å². The molecule has 1 aliphatic rings. The summed E-state index contributed by atoms with van der Waals surface area (Å²) in [4.78, 5) is 14.9. The topological polar surface area (TPSA) is 124 Å². The van der Waals surface area contributed by atoms with Crippen molar-refractivity contribution in [2.45, 2.75) is 24.4 Å². The van der Waals surface area contributed by atoms with Crippen LogP contribution in [0.2, 0.25) is 5.15 Å². The van der Waals surface area contributed by atoms with Gasteiger partial charge >= 0.3 is 0 Å². The van der Waals surface area contributed by atoms with Gasteiger partial charge in [-0.25, -0.2) is 15.0 Å². The molecule has 0 aromatic carbocycles. The first-order chi connectivity index (χ1) is 9.11. The maximum atomic E-state index is 9.89. The Morgan fingerprint density at radius 1 is 1.32 bits per heavy atom. The number of aromatic amines is 1. The molecule has 0 bridgehead atoms. The van der Waals surface area contributed by atoms with E-state index >= 15 is 0 Å². The maximum absolute atomic E-state index is 9.89. The van der Waals surface area contributed by atoms with E-state index in [1.165, 1.54) is 6.33 Å². The second-order valence-electron chi connectivity index (χ2n) is 4.23. The number of imidazole rings is 1. The zero-order chi connectivity index (χ0) is 13.6. The monoisotopic (exact) mass is 286 g/mol. The van der Waals surface area contributed by atoms with E-state index in [0.29, 0.717) is 11.2 Å².